The van der Waals surface area contributed by atoms with E-state index in [9.17, 15) is 5.26 Å². The number of rotatable bonds is 4. The molecule has 8 aromatic carbocycles. The van der Waals surface area contributed by atoms with Crippen LogP contribution in [0.5, 0.6) is 0 Å². The SMILES string of the molecule is N#Cc1ccc(N2c3ccccc3Sc3c2cc2c4c3N(c3ccccc3)c3ccccc3B4c3ccccc3C2(c2ccccc2)c2ccccc2)cc1. The first-order valence-electron chi connectivity index (χ1n) is 18.7. The Morgan fingerprint density at radius 2 is 1.05 bits per heavy atom. The first-order chi connectivity index (χ1) is 27.3. The lowest BCUT2D eigenvalue weighted by molar-refractivity contribution is 0.749. The van der Waals surface area contributed by atoms with Crippen molar-refractivity contribution < 1.29 is 0 Å². The maximum atomic E-state index is 9.79. The van der Waals surface area contributed by atoms with Crippen molar-refractivity contribution in [2.75, 3.05) is 9.80 Å². The van der Waals surface area contributed by atoms with Gasteiger partial charge in [0.05, 0.1) is 39.0 Å². The van der Waals surface area contributed by atoms with Crippen molar-refractivity contribution in [2.45, 2.75) is 15.2 Å². The van der Waals surface area contributed by atoms with E-state index >= 15 is 0 Å². The standard InChI is InChI=1S/C50H32BN3S/c52-33-34-28-30-38(31-29-34)53-44-26-14-15-27-46(44)55-49-45(53)32-40-47-48(49)54(37-20-8-3-9-21-37)43-25-13-12-24-42(43)51(47)41-23-11-10-22-39(41)50(40,35-16-4-1-5-17-35)36-18-6-2-7-19-36/h1-32H. The lowest BCUT2D eigenvalue weighted by Crippen LogP contribution is -2.65. The fourth-order valence-electron chi connectivity index (χ4n) is 9.45. The average molecular weight is 718 g/mol. The summed E-state index contributed by atoms with van der Waals surface area (Å²) >= 11 is 1.86. The monoisotopic (exact) mass is 717 g/mol. The van der Waals surface area contributed by atoms with Crippen LogP contribution >= 0.6 is 11.8 Å². The molecule has 3 nitrogen and oxygen atoms in total. The van der Waals surface area contributed by atoms with Gasteiger partial charge in [-0.2, -0.15) is 5.26 Å². The highest BCUT2D eigenvalue weighted by Gasteiger charge is 2.53. The Morgan fingerprint density at radius 1 is 0.491 bits per heavy atom. The van der Waals surface area contributed by atoms with Gasteiger partial charge in [0.2, 0.25) is 6.71 Å². The molecule has 55 heavy (non-hydrogen) atoms. The number of hydrogen-bond donors (Lipinski definition) is 0. The van der Waals surface area contributed by atoms with E-state index in [4.69, 9.17) is 0 Å². The molecular weight excluding hydrogens is 685 g/mol. The van der Waals surface area contributed by atoms with Gasteiger partial charge in [0.1, 0.15) is 0 Å². The summed E-state index contributed by atoms with van der Waals surface area (Å²) in [6.45, 7) is 0.00402. The molecule has 3 heterocycles. The normalized spacial score (nSPS) is 14.1. The number of benzene rings is 8. The van der Waals surface area contributed by atoms with E-state index in [0.717, 1.165) is 22.7 Å². The van der Waals surface area contributed by atoms with Crippen LogP contribution in [0.15, 0.2) is 204 Å². The third kappa shape index (κ3) is 4.53. The summed E-state index contributed by atoms with van der Waals surface area (Å²) in [5, 5.41) is 9.79. The summed E-state index contributed by atoms with van der Waals surface area (Å²) in [5.41, 5.74) is 15.8. The maximum Gasteiger partial charge on any atom is 0.247 e. The van der Waals surface area contributed by atoms with Crippen molar-refractivity contribution >= 4 is 69.0 Å². The Labute approximate surface area is 325 Å². The minimum atomic E-state index is -0.638. The topological polar surface area (TPSA) is 30.3 Å². The zero-order valence-corrected chi connectivity index (χ0v) is 30.6. The lowest BCUT2D eigenvalue weighted by atomic mass is 9.29. The summed E-state index contributed by atoms with van der Waals surface area (Å²) in [5.74, 6) is 0. The van der Waals surface area contributed by atoms with Crippen molar-refractivity contribution in [3.63, 3.8) is 0 Å². The highest BCUT2D eigenvalue weighted by Crippen LogP contribution is 2.59. The fraction of sp³-hybridized carbons (Fsp3) is 0.0200. The number of nitriles is 1. The predicted octanol–water partition coefficient (Wildman–Crippen LogP) is 10.5. The quantitative estimate of drug-likeness (QED) is 0.170. The molecular formula is C50H32BN3S. The summed E-state index contributed by atoms with van der Waals surface area (Å²) in [7, 11) is 0. The summed E-state index contributed by atoms with van der Waals surface area (Å²) < 4.78 is 0. The largest absolute Gasteiger partial charge is 0.310 e. The molecule has 0 aromatic heterocycles. The summed E-state index contributed by atoms with van der Waals surface area (Å²) in [6.07, 6.45) is 0. The molecule has 0 saturated carbocycles. The molecule has 5 heteroatoms. The summed E-state index contributed by atoms with van der Waals surface area (Å²) in [6, 6.07) is 72.8. The zero-order valence-electron chi connectivity index (χ0n) is 29.8. The van der Waals surface area contributed by atoms with Gasteiger partial charge >= 0.3 is 0 Å². The molecule has 0 aliphatic carbocycles. The molecule has 11 rings (SSSR count). The van der Waals surface area contributed by atoms with Gasteiger partial charge in [-0.05, 0) is 93.8 Å². The smallest absolute Gasteiger partial charge is 0.247 e. The van der Waals surface area contributed by atoms with Crippen LogP contribution in [0, 0.1) is 11.3 Å². The number of para-hydroxylation sites is 3. The number of hydrogen-bond acceptors (Lipinski definition) is 4. The van der Waals surface area contributed by atoms with Gasteiger partial charge in [-0.1, -0.05) is 151 Å². The molecule has 0 amide bonds. The fourth-order valence-corrected chi connectivity index (χ4v) is 10.6. The Balaban J connectivity index is 1.36. The second-order valence-electron chi connectivity index (χ2n) is 14.3. The molecule has 0 saturated heterocycles. The van der Waals surface area contributed by atoms with Crippen LogP contribution in [-0.4, -0.2) is 6.71 Å². The van der Waals surface area contributed by atoms with Crippen LogP contribution < -0.4 is 26.2 Å². The van der Waals surface area contributed by atoms with E-state index in [2.05, 4.69) is 198 Å². The van der Waals surface area contributed by atoms with E-state index in [0.29, 0.717) is 5.56 Å². The molecule has 0 radical (unpaired) electrons. The van der Waals surface area contributed by atoms with Crippen LogP contribution in [0.2, 0.25) is 0 Å². The Hall–Kier alpha value is -6.74. The highest BCUT2D eigenvalue weighted by atomic mass is 32.2. The Kier molecular flexibility index (Phi) is 7.17. The van der Waals surface area contributed by atoms with Gasteiger partial charge in [-0.15, -0.1) is 0 Å². The first kappa shape index (κ1) is 31.8. The van der Waals surface area contributed by atoms with E-state index in [1.807, 2.05) is 23.9 Å². The molecule has 256 valence electrons. The van der Waals surface area contributed by atoms with E-state index in [1.54, 1.807) is 0 Å². The predicted molar refractivity (Wildman–Crippen MR) is 228 cm³/mol. The van der Waals surface area contributed by atoms with Crippen LogP contribution in [0.25, 0.3) is 0 Å². The average Bonchev–Trinajstić information content (AvgIpc) is 3.26. The van der Waals surface area contributed by atoms with Crippen molar-refractivity contribution in [3.8, 4) is 6.07 Å². The molecule has 0 atom stereocenters. The molecule has 8 aromatic rings. The van der Waals surface area contributed by atoms with Gasteiger partial charge in [-0.25, -0.2) is 0 Å². The van der Waals surface area contributed by atoms with Gasteiger partial charge in [0.15, 0.2) is 0 Å². The van der Waals surface area contributed by atoms with Gasteiger partial charge in [0, 0.05) is 22.0 Å². The number of fused-ring (bicyclic) bond motifs is 7. The van der Waals surface area contributed by atoms with Gasteiger partial charge in [0.25, 0.3) is 0 Å². The van der Waals surface area contributed by atoms with Crippen LogP contribution in [0.1, 0.15) is 27.8 Å². The van der Waals surface area contributed by atoms with Crippen molar-refractivity contribution in [2.24, 2.45) is 0 Å². The highest BCUT2D eigenvalue weighted by molar-refractivity contribution is 8.00. The van der Waals surface area contributed by atoms with Gasteiger partial charge < -0.3 is 9.80 Å². The minimum absolute atomic E-state index is 0.00402. The Bertz CT molecular complexity index is 2780. The zero-order chi connectivity index (χ0) is 36.5. The third-order valence-corrected chi connectivity index (χ3v) is 12.8. The van der Waals surface area contributed by atoms with Crippen LogP contribution in [0.3, 0.4) is 0 Å². The maximum absolute atomic E-state index is 9.79. The molecule has 0 unspecified atom stereocenters. The van der Waals surface area contributed by atoms with E-state index in [-0.39, 0.29) is 6.71 Å². The van der Waals surface area contributed by atoms with Gasteiger partial charge in [-0.3, -0.25) is 0 Å². The Morgan fingerprint density at radius 3 is 1.75 bits per heavy atom. The molecule has 0 spiro atoms. The molecule has 3 aliphatic heterocycles. The summed E-state index contributed by atoms with van der Waals surface area (Å²) in [4.78, 5) is 7.34. The third-order valence-electron chi connectivity index (χ3n) is 11.6. The molecule has 0 bridgehead atoms. The second-order valence-corrected chi connectivity index (χ2v) is 15.4. The number of nitrogens with zero attached hydrogens (tertiary/aromatic N) is 3. The van der Waals surface area contributed by atoms with Crippen LogP contribution in [0.4, 0.5) is 34.1 Å². The van der Waals surface area contributed by atoms with Crippen LogP contribution in [-0.2, 0) is 5.41 Å². The van der Waals surface area contributed by atoms with E-state index < -0.39 is 5.41 Å². The first-order valence-corrected chi connectivity index (χ1v) is 19.5. The molecule has 0 fully saturated rings. The van der Waals surface area contributed by atoms with Crippen molar-refractivity contribution in [1.82, 2.24) is 0 Å². The molecule has 3 aliphatic rings. The lowest BCUT2D eigenvalue weighted by Gasteiger charge is -2.50. The van der Waals surface area contributed by atoms with Crippen molar-refractivity contribution in [1.29, 1.82) is 5.26 Å². The molecule has 0 N–H and O–H groups in total. The van der Waals surface area contributed by atoms with E-state index in [1.165, 1.54) is 59.8 Å². The van der Waals surface area contributed by atoms with Crippen molar-refractivity contribution in [3.05, 3.63) is 222 Å². The second kappa shape index (κ2) is 12.4. The number of anilines is 6. The minimum Gasteiger partial charge on any atom is -0.310 e.